The van der Waals surface area contributed by atoms with E-state index in [1.54, 1.807) is 12.1 Å². The molecule has 3 atom stereocenters. The Labute approximate surface area is 179 Å². The zero-order chi connectivity index (χ0) is 21.4. The van der Waals surface area contributed by atoms with Crippen molar-refractivity contribution >= 4 is 6.08 Å². The lowest BCUT2D eigenvalue weighted by Gasteiger charge is -2.34. The number of benzene rings is 1. The normalized spacial score (nSPS) is 20.4. The lowest BCUT2D eigenvalue weighted by molar-refractivity contribution is 0.106. The van der Waals surface area contributed by atoms with E-state index in [-0.39, 0.29) is 5.60 Å². The number of phenols is 1. The van der Waals surface area contributed by atoms with Crippen LogP contribution in [0.3, 0.4) is 0 Å². The van der Waals surface area contributed by atoms with Crippen LogP contribution in [-0.2, 0) is 0 Å². The molecule has 1 aromatic rings. The summed E-state index contributed by atoms with van der Waals surface area (Å²) in [6.07, 6.45) is 16.2. The molecule has 1 aliphatic heterocycles. The maximum atomic E-state index is 9.79. The van der Waals surface area contributed by atoms with Crippen molar-refractivity contribution < 1.29 is 9.84 Å². The average Bonchev–Trinajstić information content (AvgIpc) is 2.61. The maximum Gasteiger partial charge on any atom is 0.131 e. The van der Waals surface area contributed by atoms with Gasteiger partial charge in [-0.15, -0.1) is 0 Å². The molecule has 0 saturated carbocycles. The molecule has 0 bridgehead atoms. The van der Waals surface area contributed by atoms with Crippen LogP contribution in [-0.4, -0.2) is 10.7 Å². The quantitative estimate of drug-likeness (QED) is 0.357. The molecule has 0 spiro atoms. The van der Waals surface area contributed by atoms with Gasteiger partial charge < -0.3 is 9.84 Å². The third-order valence-corrected chi connectivity index (χ3v) is 6.36. The fourth-order valence-electron chi connectivity index (χ4n) is 4.66. The van der Waals surface area contributed by atoms with Gasteiger partial charge in [0.25, 0.3) is 0 Å². The number of aromatic hydroxyl groups is 1. The topological polar surface area (TPSA) is 29.5 Å². The summed E-state index contributed by atoms with van der Waals surface area (Å²) < 4.78 is 6.39. The number of rotatable bonds is 12. The fraction of sp³-hybridized carbons (Fsp3) is 0.704. The molecule has 1 aliphatic rings. The summed E-state index contributed by atoms with van der Waals surface area (Å²) in [5.74, 6) is 3.60. The van der Waals surface area contributed by atoms with E-state index < -0.39 is 0 Å². The minimum atomic E-state index is -0.251. The molecule has 0 radical (unpaired) electrons. The predicted molar refractivity (Wildman–Crippen MR) is 126 cm³/mol. The Kier molecular flexibility index (Phi) is 9.11. The number of hydrogen-bond donors (Lipinski definition) is 1. The van der Waals surface area contributed by atoms with Gasteiger partial charge in [0.2, 0.25) is 0 Å². The van der Waals surface area contributed by atoms with Gasteiger partial charge in [0, 0.05) is 5.56 Å². The molecule has 0 aromatic heterocycles. The Morgan fingerprint density at radius 2 is 1.55 bits per heavy atom. The second kappa shape index (κ2) is 11.1. The Bertz CT molecular complexity index is 661. The number of phenolic OH excluding ortho intramolecular Hbond substituents is 1. The summed E-state index contributed by atoms with van der Waals surface area (Å²) >= 11 is 0. The lowest BCUT2D eigenvalue weighted by atomic mass is 9.86. The summed E-state index contributed by atoms with van der Waals surface area (Å²) in [6.45, 7) is 13.6. The summed E-state index contributed by atoms with van der Waals surface area (Å²) in [5.41, 5.74) is 1.74. The molecule has 0 aliphatic carbocycles. The van der Waals surface area contributed by atoms with E-state index in [1.165, 1.54) is 51.4 Å². The number of ether oxygens (including phenoxy) is 1. The first-order chi connectivity index (χ1) is 13.7. The zero-order valence-electron chi connectivity index (χ0n) is 19.8. The van der Waals surface area contributed by atoms with Crippen molar-refractivity contribution in [2.24, 2.45) is 17.8 Å². The minimum Gasteiger partial charge on any atom is -0.508 e. The first-order valence-corrected chi connectivity index (χ1v) is 11.9. The Morgan fingerprint density at radius 1 is 0.897 bits per heavy atom. The second-order valence-corrected chi connectivity index (χ2v) is 10.3. The molecule has 164 valence electrons. The highest BCUT2D eigenvalue weighted by Crippen LogP contribution is 2.39. The Balaban J connectivity index is 1.67. The van der Waals surface area contributed by atoms with E-state index in [0.29, 0.717) is 11.7 Å². The lowest BCUT2D eigenvalue weighted by Crippen LogP contribution is -2.34. The van der Waals surface area contributed by atoms with E-state index in [1.807, 2.05) is 6.92 Å². The van der Waals surface area contributed by atoms with Crippen molar-refractivity contribution in [3.63, 3.8) is 0 Å². The van der Waals surface area contributed by atoms with Crippen LogP contribution in [0.15, 0.2) is 18.2 Å². The van der Waals surface area contributed by atoms with Crippen molar-refractivity contribution in [3.8, 4) is 11.5 Å². The van der Waals surface area contributed by atoms with Crippen molar-refractivity contribution in [3.05, 3.63) is 29.3 Å². The zero-order valence-corrected chi connectivity index (χ0v) is 19.8. The molecule has 0 saturated heterocycles. The first-order valence-electron chi connectivity index (χ1n) is 11.9. The van der Waals surface area contributed by atoms with Gasteiger partial charge in [-0.05, 0) is 61.8 Å². The predicted octanol–water partition coefficient (Wildman–Crippen LogP) is 8.30. The average molecular weight is 401 g/mol. The van der Waals surface area contributed by atoms with Crippen LogP contribution in [0.2, 0.25) is 0 Å². The maximum absolute atomic E-state index is 9.79. The van der Waals surface area contributed by atoms with Gasteiger partial charge in [0.05, 0.1) is 0 Å². The third kappa shape index (κ3) is 8.07. The molecule has 29 heavy (non-hydrogen) atoms. The van der Waals surface area contributed by atoms with Gasteiger partial charge in [0.15, 0.2) is 0 Å². The van der Waals surface area contributed by atoms with Crippen molar-refractivity contribution in [1.82, 2.24) is 0 Å². The Morgan fingerprint density at radius 3 is 2.24 bits per heavy atom. The number of aryl methyl sites for hydroxylation is 1. The molecule has 1 N–H and O–H groups in total. The fourth-order valence-corrected chi connectivity index (χ4v) is 4.66. The molecular formula is C27H44O2. The molecule has 2 nitrogen and oxygen atoms in total. The third-order valence-electron chi connectivity index (χ3n) is 6.36. The molecule has 2 rings (SSSR count). The van der Waals surface area contributed by atoms with E-state index in [4.69, 9.17) is 4.74 Å². The molecule has 0 fully saturated rings. The number of hydrogen-bond acceptors (Lipinski definition) is 2. The van der Waals surface area contributed by atoms with Crippen LogP contribution in [0.4, 0.5) is 0 Å². The first kappa shape index (κ1) is 23.8. The van der Waals surface area contributed by atoms with E-state index in [0.717, 1.165) is 35.1 Å². The SMILES string of the molecule is Cc1cc(O)cc2c1OC(C)(CC(C)CCCCCC(C)CCCC(C)C)C=C2. The van der Waals surface area contributed by atoms with Crippen LogP contribution in [0.5, 0.6) is 11.5 Å². The number of unbranched alkanes of at least 4 members (excludes halogenated alkanes) is 2. The van der Waals surface area contributed by atoms with E-state index >= 15 is 0 Å². The van der Waals surface area contributed by atoms with Crippen molar-refractivity contribution in [2.45, 2.75) is 105 Å². The molecule has 2 heteroatoms. The molecule has 3 unspecified atom stereocenters. The minimum absolute atomic E-state index is 0.251. The van der Waals surface area contributed by atoms with Crippen molar-refractivity contribution in [2.75, 3.05) is 0 Å². The summed E-state index contributed by atoms with van der Waals surface area (Å²) in [6, 6.07) is 3.57. The van der Waals surface area contributed by atoms with Crippen LogP contribution >= 0.6 is 0 Å². The molecular weight excluding hydrogens is 356 g/mol. The van der Waals surface area contributed by atoms with Gasteiger partial charge in [-0.3, -0.25) is 0 Å². The monoisotopic (exact) mass is 400 g/mol. The second-order valence-electron chi connectivity index (χ2n) is 10.3. The van der Waals surface area contributed by atoms with Gasteiger partial charge in [-0.25, -0.2) is 0 Å². The largest absolute Gasteiger partial charge is 0.508 e. The van der Waals surface area contributed by atoms with E-state index in [2.05, 4.69) is 46.8 Å². The van der Waals surface area contributed by atoms with Crippen molar-refractivity contribution in [1.29, 1.82) is 0 Å². The van der Waals surface area contributed by atoms with Crippen LogP contribution in [0.1, 0.15) is 104 Å². The highest BCUT2D eigenvalue weighted by atomic mass is 16.5. The molecule has 1 heterocycles. The van der Waals surface area contributed by atoms with E-state index in [9.17, 15) is 5.11 Å². The van der Waals surface area contributed by atoms with Crippen LogP contribution in [0.25, 0.3) is 6.08 Å². The standard InChI is InChI=1S/C27H44O2/c1-20(2)11-10-14-21(3)12-8-7-9-13-22(4)19-27(6)16-15-24-18-25(28)17-23(5)26(24)29-27/h15-18,20-22,28H,7-14,19H2,1-6H3. The van der Waals surface area contributed by atoms with Gasteiger partial charge in [-0.2, -0.15) is 0 Å². The summed E-state index contributed by atoms with van der Waals surface area (Å²) in [4.78, 5) is 0. The molecule has 0 amide bonds. The van der Waals surface area contributed by atoms with Gasteiger partial charge in [-0.1, -0.05) is 85.1 Å². The molecule has 1 aromatic carbocycles. The van der Waals surface area contributed by atoms with Crippen LogP contribution in [0, 0.1) is 24.7 Å². The number of fused-ring (bicyclic) bond motifs is 1. The summed E-state index contributed by atoms with van der Waals surface area (Å²) in [7, 11) is 0. The Hall–Kier alpha value is -1.44. The smallest absolute Gasteiger partial charge is 0.131 e. The van der Waals surface area contributed by atoms with Gasteiger partial charge in [0.1, 0.15) is 17.1 Å². The van der Waals surface area contributed by atoms with Gasteiger partial charge >= 0.3 is 0 Å². The highest BCUT2D eigenvalue weighted by Gasteiger charge is 2.30. The van der Waals surface area contributed by atoms with Crippen LogP contribution < -0.4 is 4.74 Å². The highest BCUT2D eigenvalue weighted by molar-refractivity contribution is 5.65. The summed E-state index contributed by atoms with van der Waals surface area (Å²) in [5, 5.41) is 9.79.